The average Bonchev–Trinajstić information content (AvgIpc) is 3.75. The maximum Gasteiger partial charge on any atom is 0.172 e. The fraction of sp³-hybridized carbons (Fsp3) is 0.375. The van der Waals surface area contributed by atoms with Crippen LogP contribution in [0.2, 0.25) is 0 Å². The zero-order valence-corrected chi connectivity index (χ0v) is 26.6. The van der Waals surface area contributed by atoms with Gasteiger partial charge in [0.2, 0.25) is 0 Å². The van der Waals surface area contributed by atoms with Crippen molar-refractivity contribution in [3.8, 4) is 11.1 Å². The number of hydrogen-bond acceptors (Lipinski definition) is 10. The molecular formula is C24H25Br3N12S. The van der Waals surface area contributed by atoms with Gasteiger partial charge in [-0.2, -0.15) is 29.1 Å². The molecule has 1 aliphatic heterocycles. The number of rotatable bonds is 5. The quantitative estimate of drug-likeness (QED) is 0.204. The Balaban J connectivity index is 1.26. The third kappa shape index (κ3) is 4.52. The summed E-state index contributed by atoms with van der Waals surface area (Å²) < 4.78 is 5.85. The number of anilines is 2. The van der Waals surface area contributed by atoms with Gasteiger partial charge in [0, 0.05) is 41.9 Å². The van der Waals surface area contributed by atoms with E-state index in [-0.39, 0.29) is 17.2 Å². The average molecular weight is 753 g/mol. The van der Waals surface area contributed by atoms with Gasteiger partial charge >= 0.3 is 0 Å². The molecule has 16 heteroatoms. The molecule has 1 saturated carbocycles. The number of nitrogen functional groups attached to an aromatic ring is 1. The number of nitrogens with two attached hydrogens (primary N) is 2. The Morgan fingerprint density at radius 1 is 0.975 bits per heavy atom. The molecule has 208 valence electrons. The second-order valence-electron chi connectivity index (χ2n) is 10.00. The minimum absolute atomic E-state index is 0.191. The maximum absolute atomic E-state index is 6.49. The van der Waals surface area contributed by atoms with E-state index in [0.717, 1.165) is 85.5 Å². The molecular weight excluding hydrogens is 728 g/mol. The molecule has 2 unspecified atom stereocenters. The highest BCUT2D eigenvalue weighted by Gasteiger charge is 2.29. The molecule has 6 heterocycles. The summed E-state index contributed by atoms with van der Waals surface area (Å²) >= 11 is 12.9. The number of aromatic nitrogens is 8. The van der Waals surface area contributed by atoms with Crippen molar-refractivity contribution in [3.05, 3.63) is 49.6 Å². The first-order valence-corrected chi connectivity index (χ1v) is 16.3. The second-order valence-corrected chi connectivity index (χ2v) is 13.7. The van der Waals surface area contributed by atoms with Crippen LogP contribution in [0, 0.1) is 0 Å². The molecule has 0 spiro atoms. The van der Waals surface area contributed by atoms with Crippen LogP contribution < -0.4 is 22.2 Å². The summed E-state index contributed by atoms with van der Waals surface area (Å²) in [7, 11) is 0. The lowest BCUT2D eigenvalue weighted by Crippen LogP contribution is -2.29. The zero-order valence-electron chi connectivity index (χ0n) is 21.1. The predicted molar refractivity (Wildman–Crippen MR) is 166 cm³/mol. The highest BCUT2D eigenvalue weighted by Crippen LogP contribution is 2.41. The van der Waals surface area contributed by atoms with Crippen molar-refractivity contribution in [3.63, 3.8) is 0 Å². The first-order valence-electron chi connectivity index (χ1n) is 12.8. The van der Waals surface area contributed by atoms with Gasteiger partial charge in [-0.05, 0) is 67.1 Å². The minimum atomic E-state index is 0.191. The van der Waals surface area contributed by atoms with E-state index >= 15 is 0 Å². The van der Waals surface area contributed by atoms with Crippen LogP contribution in [-0.2, 0) is 0 Å². The number of nitrogens with zero attached hydrogens (tertiary/aromatic N) is 8. The largest absolute Gasteiger partial charge is 0.383 e. The van der Waals surface area contributed by atoms with E-state index in [1.54, 1.807) is 32.4 Å². The van der Waals surface area contributed by atoms with Gasteiger partial charge in [-0.3, -0.25) is 5.43 Å². The maximum atomic E-state index is 6.49. The van der Waals surface area contributed by atoms with Crippen molar-refractivity contribution in [2.75, 3.05) is 30.0 Å². The highest BCUT2D eigenvalue weighted by atomic mass is 79.9. The topological polar surface area (TPSA) is 154 Å². The summed E-state index contributed by atoms with van der Waals surface area (Å²) in [5, 5.41) is 17.3. The first-order chi connectivity index (χ1) is 19.4. The van der Waals surface area contributed by atoms with E-state index in [4.69, 9.17) is 21.4 Å². The Bertz CT molecular complexity index is 1740. The van der Waals surface area contributed by atoms with Crippen LogP contribution in [0.1, 0.15) is 41.8 Å². The molecule has 2 fully saturated rings. The van der Waals surface area contributed by atoms with E-state index in [1.807, 2.05) is 18.0 Å². The van der Waals surface area contributed by atoms with Gasteiger partial charge in [-0.15, -0.1) is 11.8 Å². The lowest BCUT2D eigenvalue weighted by atomic mass is 10.0. The summed E-state index contributed by atoms with van der Waals surface area (Å²) in [5.41, 5.74) is 21.1. The minimum Gasteiger partial charge on any atom is -0.383 e. The molecule has 3 atom stereocenters. The van der Waals surface area contributed by atoms with Gasteiger partial charge in [-0.1, -0.05) is 0 Å². The Kier molecular flexibility index (Phi) is 7.03. The van der Waals surface area contributed by atoms with Crippen molar-refractivity contribution in [1.29, 1.82) is 0 Å². The van der Waals surface area contributed by atoms with E-state index in [1.165, 1.54) is 0 Å². The molecule has 0 amide bonds. The zero-order chi connectivity index (χ0) is 27.5. The van der Waals surface area contributed by atoms with Crippen LogP contribution in [0.15, 0.2) is 38.2 Å². The normalized spacial score (nSPS) is 21.6. The van der Waals surface area contributed by atoms with E-state index in [2.05, 4.69) is 73.8 Å². The van der Waals surface area contributed by atoms with Gasteiger partial charge in [0.05, 0.1) is 54.8 Å². The molecule has 5 aromatic heterocycles. The number of fused-ring (bicyclic) bond motifs is 2. The van der Waals surface area contributed by atoms with E-state index < -0.39 is 0 Å². The van der Waals surface area contributed by atoms with Crippen molar-refractivity contribution in [2.45, 2.75) is 36.5 Å². The third-order valence-electron chi connectivity index (χ3n) is 7.43. The standard InChI is InChI=1S/C24H25Br3N12S/c25-15-8-33-39-23(15)34-19(11-1-2-13(28)5-11)18(27)24(39)36-37-10-12(6-31-37)14-7-32-38-21(29)17(26)20(35-22(14)38)16-9-30-3-4-40-16/h6-8,10-11,13,16,30,36H,1-5,9,28-29H2/t11?,13-,16?/m1/s1. The van der Waals surface area contributed by atoms with E-state index in [9.17, 15) is 0 Å². The summed E-state index contributed by atoms with van der Waals surface area (Å²) in [6, 6.07) is 0.191. The van der Waals surface area contributed by atoms with Crippen molar-refractivity contribution >= 4 is 82.5 Å². The smallest absolute Gasteiger partial charge is 0.172 e. The highest BCUT2D eigenvalue weighted by molar-refractivity contribution is 9.11. The lowest BCUT2D eigenvalue weighted by Gasteiger charge is -2.23. The Hall–Kier alpha value is -2.24. The lowest BCUT2D eigenvalue weighted by molar-refractivity contribution is 0.656. The number of halogens is 3. The van der Waals surface area contributed by atoms with Crippen LogP contribution in [0.5, 0.6) is 0 Å². The molecule has 5 aromatic rings. The Morgan fingerprint density at radius 3 is 2.58 bits per heavy atom. The fourth-order valence-corrected chi connectivity index (χ4v) is 8.21. The molecule has 12 nitrogen and oxygen atoms in total. The summed E-state index contributed by atoms with van der Waals surface area (Å²) in [6.45, 7) is 1.83. The Labute approximate surface area is 258 Å². The van der Waals surface area contributed by atoms with E-state index in [0.29, 0.717) is 11.5 Å². The van der Waals surface area contributed by atoms with Crippen LogP contribution in [0.25, 0.3) is 22.4 Å². The molecule has 0 radical (unpaired) electrons. The number of thioether (sulfide) groups is 1. The Morgan fingerprint density at radius 2 is 1.80 bits per heavy atom. The molecule has 40 heavy (non-hydrogen) atoms. The van der Waals surface area contributed by atoms with Gasteiger partial charge in [0.25, 0.3) is 0 Å². The van der Waals surface area contributed by atoms with Gasteiger partial charge in [0.15, 0.2) is 17.1 Å². The van der Waals surface area contributed by atoms with Gasteiger partial charge in [0.1, 0.15) is 5.82 Å². The molecule has 1 saturated heterocycles. The first kappa shape index (κ1) is 26.6. The van der Waals surface area contributed by atoms with Crippen LogP contribution in [-0.4, -0.2) is 64.0 Å². The van der Waals surface area contributed by atoms with Gasteiger partial charge in [-0.25, -0.2) is 9.97 Å². The number of nitrogens with one attached hydrogen (secondary N) is 2. The second kappa shape index (κ2) is 10.5. The summed E-state index contributed by atoms with van der Waals surface area (Å²) in [6.07, 6.45) is 10.1. The number of hydrogen-bond donors (Lipinski definition) is 4. The summed E-state index contributed by atoms with van der Waals surface area (Å²) in [4.78, 5) is 11.6. The fourth-order valence-electron chi connectivity index (χ4n) is 5.40. The molecule has 1 aliphatic carbocycles. The van der Waals surface area contributed by atoms with Crippen LogP contribution >= 0.6 is 59.6 Å². The molecule has 2 aliphatic rings. The predicted octanol–water partition coefficient (Wildman–Crippen LogP) is 4.35. The SMILES string of the molecule is Nc1c(Br)c(C2CNCCS2)nc2c(-c3cnn(Nc4c(Br)c(C5CC[C@@H](N)C5)nc5c(Br)cnn45)c3)cnn12. The van der Waals surface area contributed by atoms with Crippen LogP contribution in [0.4, 0.5) is 11.6 Å². The third-order valence-corrected chi connectivity index (χ3v) is 10.8. The summed E-state index contributed by atoms with van der Waals surface area (Å²) in [5.74, 6) is 2.53. The molecule has 0 aromatic carbocycles. The molecule has 6 N–H and O–H groups in total. The van der Waals surface area contributed by atoms with Crippen LogP contribution in [0.3, 0.4) is 0 Å². The molecule has 0 bridgehead atoms. The van der Waals surface area contributed by atoms with Crippen molar-refractivity contribution < 1.29 is 0 Å². The van der Waals surface area contributed by atoms with Crippen molar-refractivity contribution in [1.82, 2.24) is 44.4 Å². The monoisotopic (exact) mass is 750 g/mol. The van der Waals surface area contributed by atoms with Crippen molar-refractivity contribution in [2.24, 2.45) is 5.73 Å². The van der Waals surface area contributed by atoms with Gasteiger partial charge < -0.3 is 16.8 Å². The molecule has 7 rings (SSSR count).